The highest BCUT2D eigenvalue weighted by atomic mass is 19.4. The standard InChI is InChI=1S/C27H33F4NO2/c28-24(18-32)5-3-1-2-4-20-8-14-25(15-9-20)33-19-21-6-10-22(11-7-21)23-12-16-26(17-13-23)34-27(29,30)31/h1,3,5,12-13,16-17,20-22,25H,2,4,6-11,14-15,19H2/b3-1+,24-5-/t20-,21-,22-,25-. The van der Waals surface area contributed by atoms with Gasteiger partial charge in [0.2, 0.25) is 0 Å². The summed E-state index contributed by atoms with van der Waals surface area (Å²) in [5.74, 6) is 0.669. The number of nitrogens with zero attached hydrogens (tertiary/aromatic N) is 1. The second-order valence-corrected chi connectivity index (χ2v) is 9.44. The average Bonchev–Trinajstić information content (AvgIpc) is 2.83. The Morgan fingerprint density at radius 3 is 2.24 bits per heavy atom. The first-order valence-corrected chi connectivity index (χ1v) is 12.2. The Bertz CT molecular complexity index is 841. The highest BCUT2D eigenvalue weighted by molar-refractivity contribution is 5.29. The topological polar surface area (TPSA) is 42.2 Å². The van der Waals surface area contributed by atoms with Crippen molar-refractivity contribution in [1.29, 1.82) is 5.26 Å². The normalized spacial score (nSPS) is 26.4. The number of hydrogen-bond acceptors (Lipinski definition) is 3. The zero-order valence-corrected chi connectivity index (χ0v) is 19.4. The van der Waals surface area contributed by atoms with Gasteiger partial charge in [-0.2, -0.15) is 9.65 Å². The molecule has 0 atom stereocenters. The zero-order valence-electron chi connectivity index (χ0n) is 19.4. The predicted octanol–water partition coefficient (Wildman–Crippen LogP) is 8.15. The summed E-state index contributed by atoms with van der Waals surface area (Å²) < 4.78 is 59.9. The molecule has 0 spiro atoms. The molecule has 2 aliphatic rings. The number of allylic oxidation sites excluding steroid dienone is 4. The lowest BCUT2D eigenvalue weighted by Gasteiger charge is -2.32. The van der Waals surface area contributed by atoms with E-state index in [1.807, 2.05) is 6.08 Å². The van der Waals surface area contributed by atoms with E-state index in [0.717, 1.165) is 76.4 Å². The predicted molar refractivity (Wildman–Crippen MR) is 123 cm³/mol. The van der Waals surface area contributed by atoms with Crippen LogP contribution in [0.25, 0.3) is 0 Å². The molecule has 0 N–H and O–H groups in total. The van der Waals surface area contributed by atoms with Gasteiger partial charge in [0.15, 0.2) is 5.83 Å². The minimum Gasteiger partial charge on any atom is -0.406 e. The fourth-order valence-corrected chi connectivity index (χ4v) is 5.08. The van der Waals surface area contributed by atoms with Gasteiger partial charge in [0, 0.05) is 6.61 Å². The maximum Gasteiger partial charge on any atom is 0.573 e. The van der Waals surface area contributed by atoms with Crippen molar-refractivity contribution in [2.24, 2.45) is 11.8 Å². The molecule has 7 heteroatoms. The molecule has 0 heterocycles. The van der Waals surface area contributed by atoms with Gasteiger partial charge in [-0.25, -0.2) is 0 Å². The molecule has 2 aliphatic carbocycles. The van der Waals surface area contributed by atoms with Crippen LogP contribution < -0.4 is 4.74 Å². The summed E-state index contributed by atoms with van der Waals surface area (Å²) in [4.78, 5) is 0. The summed E-state index contributed by atoms with van der Waals surface area (Å²) in [7, 11) is 0. The van der Waals surface area contributed by atoms with Crippen molar-refractivity contribution in [1.82, 2.24) is 0 Å². The minimum absolute atomic E-state index is 0.173. The number of benzene rings is 1. The van der Waals surface area contributed by atoms with Crippen LogP contribution >= 0.6 is 0 Å². The summed E-state index contributed by atoms with van der Waals surface area (Å²) in [6.45, 7) is 0.792. The van der Waals surface area contributed by atoms with Crippen molar-refractivity contribution in [2.75, 3.05) is 6.61 Å². The van der Waals surface area contributed by atoms with E-state index in [2.05, 4.69) is 4.74 Å². The first-order valence-electron chi connectivity index (χ1n) is 12.2. The second kappa shape index (κ2) is 12.9. The van der Waals surface area contributed by atoms with E-state index in [1.165, 1.54) is 24.3 Å². The van der Waals surface area contributed by atoms with E-state index >= 15 is 0 Å². The van der Waals surface area contributed by atoms with Gasteiger partial charge in [0.25, 0.3) is 0 Å². The van der Waals surface area contributed by atoms with Gasteiger partial charge in [-0.05, 0) is 106 Å². The molecule has 0 aromatic heterocycles. The van der Waals surface area contributed by atoms with Crippen LogP contribution in [0, 0.1) is 23.2 Å². The SMILES string of the molecule is N#C/C(F)=C/C=C/CC[C@H]1CC[C@H](OC[C@H]2CC[C@H](c3ccc(OC(F)(F)F)cc3)CC2)CC1. The molecule has 0 unspecified atom stereocenters. The molecule has 2 saturated carbocycles. The first-order chi connectivity index (χ1) is 16.3. The molecule has 186 valence electrons. The lowest BCUT2D eigenvalue weighted by molar-refractivity contribution is -0.274. The lowest BCUT2D eigenvalue weighted by atomic mass is 9.79. The zero-order chi connectivity index (χ0) is 24.4. The molecule has 3 rings (SSSR count). The third-order valence-electron chi connectivity index (χ3n) is 7.02. The van der Waals surface area contributed by atoms with Crippen LogP contribution in [0.1, 0.15) is 75.7 Å². The summed E-state index contributed by atoms with van der Waals surface area (Å²) in [6, 6.07) is 7.75. The molecule has 0 radical (unpaired) electrons. The van der Waals surface area contributed by atoms with E-state index in [4.69, 9.17) is 10.00 Å². The Morgan fingerprint density at radius 1 is 0.971 bits per heavy atom. The van der Waals surface area contributed by atoms with Crippen molar-refractivity contribution in [3.63, 3.8) is 0 Å². The highest BCUT2D eigenvalue weighted by Gasteiger charge is 2.31. The maximum absolute atomic E-state index is 12.7. The number of ether oxygens (including phenoxy) is 2. The smallest absolute Gasteiger partial charge is 0.406 e. The van der Waals surface area contributed by atoms with Gasteiger partial charge in [0.1, 0.15) is 11.8 Å². The van der Waals surface area contributed by atoms with Gasteiger partial charge in [0.05, 0.1) is 6.10 Å². The van der Waals surface area contributed by atoms with Crippen LogP contribution in [0.3, 0.4) is 0 Å². The Morgan fingerprint density at radius 2 is 1.62 bits per heavy atom. The van der Waals surface area contributed by atoms with Gasteiger partial charge in [-0.1, -0.05) is 24.3 Å². The van der Waals surface area contributed by atoms with Crippen LogP contribution in [0.5, 0.6) is 5.75 Å². The fourth-order valence-electron chi connectivity index (χ4n) is 5.08. The van der Waals surface area contributed by atoms with Gasteiger partial charge in [-0.15, -0.1) is 13.2 Å². The average molecular weight is 480 g/mol. The third-order valence-corrected chi connectivity index (χ3v) is 7.02. The molecular weight excluding hydrogens is 446 g/mol. The van der Waals surface area contributed by atoms with Gasteiger partial charge >= 0.3 is 6.36 Å². The van der Waals surface area contributed by atoms with E-state index < -0.39 is 12.2 Å². The highest BCUT2D eigenvalue weighted by Crippen LogP contribution is 2.37. The first kappa shape index (κ1) is 26.3. The molecule has 1 aromatic carbocycles. The van der Waals surface area contributed by atoms with Crippen molar-refractivity contribution in [3.8, 4) is 11.8 Å². The molecule has 0 aliphatic heterocycles. The van der Waals surface area contributed by atoms with Crippen molar-refractivity contribution >= 4 is 0 Å². The fraction of sp³-hybridized carbons (Fsp3) is 0.593. The molecule has 1 aromatic rings. The molecule has 0 saturated heterocycles. The molecule has 34 heavy (non-hydrogen) atoms. The monoisotopic (exact) mass is 479 g/mol. The number of rotatable bonds is 9. The molecule has 0 amide bonds. The number of alkyl halides is 3. The summed E-state index contributed by atoms with van der Waals surface area (Å²) in [6.07, 6.45) is 11.1. The van der Waals surface area contributed by atoms with E-state index in [-0.39, 0.29) is 5.75 Å². The summed E-state index contributed by atoms with van der Waals surface area (Å²) in [5, 5.41) is 8.37. The van der Waals surface area contributed by atoms with Crippen LogP contribution in [0.15, 0.2) is 48.3 Å². The minimum atomic E-state index is -4.66. The van der Waals surface area contributed by atoms with Crippen molar-refractivity contribution < 1.29 is 27.0 Å². The third kappa shape index (κ3) is 9.13. The molecular formula is C27H33F4NO2. The van der Waals surface area contributed by atoms with Gasteiger partial charge in [-0.3, -0.25) is 0 Å². The Kier molecular flexibility index (Phi) is 10.0. The van der Waals surface area contributed by atoms with Crippen molar-refractivity contribution in [2.45, 2.75) is 82.6 Å². The number of halogens is 4. The van der Waals surface area contributed by atoms with Crippen LogP contribution in [0.4, 0.5) is 17.6 Å². The number of hydrogen-bond donors (Lipinski definition) is 0. The molecule has 3 nitrogen and oxygen atoms in total. The second-order valence-electron chi connectivity index (χ2n) is 9.44. The number of nitriles is 1. The van der Waals surface area contributed by atoms with E-state index in [9.17, 15) is 17.6 Å². The Hall–Kier alpha value is -2.33. The molecule has 0 bridgehead atoms. The lowest BCUT2D eigenvalue weighted by Crippen LogP contribution is -2.25. The van der Waals surface area contributed by atoms with Crippen LogP contribution in [-0.2, 0) is 4.74 Å². The largest absolute Gasteiger partial charge is 0.573 e. The maximum atomic E-state index is 12.7. The Balaban J connectivity index is 1.29. The van der Waals surface area contributed by atoms with Gasteiger partial charge < -0.3 is 9.47 Å². The van der Waals surface area contributed by atoms with Crippen LogP contribution in [0.2, 0.25) is 0 Å². The van der Waals surface area contributed by atoms with E-state index in [1.54, 1.807) is 18.2 Å². The van der Waals surface area contributed by atoms with E-state index in [0.29, 0.717) is 23.9 Å². The summed E-state index contributed by atoms with van der Waals surface area (Å²) in [5.41, 5.74) is 1.08. The Labute approximate surface area is 199 Å². The molecule has 2 fully saturated rings. The summed E-state index contributed by atoms with van der Waals surface area (Å²) >= 11 is 0. The van der Waals surface area contributed by atoms with Crippen molar-refractivity contribution in [3.05, 3.63) is 53.9 Å². The quantitative estimate of drug-likeness (QED) is 0.204. The van der Waals surface area contributed by atoms with Crippen LogP contribution in [-0.4, -0.2) is 19.1 Å².